The predicted molar refractivity (Wildman–Crippen MR) is 70.7 cm³/mol. The Balaban J connectivity index is 2.56. The highest BCUT2D eigenvalue weighted by Gasteiger charge is 2.13. The van der Waals surface area contributed by atoms with E-state index in [-0.39, 0.29) is 11.5 Å². The average Bonchev–Trinajstić information content (AvgIpc) is 2.43. The highest BCUT2D eigenvalue weighted by molar-refractivity contribution is 5.62. The van der Waals surface area contributed by atoms with E-state index in [1.165, 1.54) is 0 Å². The van der Waals surface area contributed by atoms with Gasteiger partial charge in [0, 0.05) is 12.7 Å². The molecule has 3 N–H and O–H groups in total. The molecule has 1 aromatic heterocycles. The van der Waals surface area contributed by atoms with Crippen LogP contribution < -0.4 is 11.3 Å². The second-order valence-corrected chi connectivity index (χ2v) is 4.03. The molecule has 1 heterocycles. The van der Waals surface area contributed by atoms with Crippen molar-refractivity contribution < 1.29 is 9.13 Å². The number of hydrogen-bond donors (Lipinski definition) is 2. The molecular formula is C13H15FN4O. The molecule has 0 bridgehead atoms. The molecule has 0 aliphatic rings. The van der Waals surface area contributed by atoms with Crippen LogP contribution in [0.2, 0.25) is 0 Å². The van der Waals surface area contributed by atoms with Crippen LogP contribution in [-0.4, -0.2) is 17.1 Å². The number of nitrogens with two attached hydrogens (primary N) is 1. The Morgan fingerprint density at radius 2 is 2.05 bits per heavy atom. The largest absolute Gasteiger partial charge is 0.380 e. The van der Waals surface area contributed by atoms with Crippen molar-refractivity contribution in [1.29, 1.82) is 0 Å². The molecule has 0 atom stereocenters. The number of aryl methyl sites for hydroxylation is 1. The van der Waals surface area contributed by atoms with Gasteiger partial charge < -0.3 is 10.2 Å². The van der Waals surface area contributed by atoms with Crippen LogP contribution in [0.3, 0.4) is 0 Å². The van der Waals surface area contributed by atoms with Gasteiger partial charge in [-0.1, -0.05) is 24.3 Å². The third-order valence-corrected chi connectivity index (χ3v) is 2.71. The molecule has 0 aliphatic heterocycles. The molecule has 0 saturated heterocycles. The maximum Gasteiger partial charge on any atom is 0.187 e. The summed E-state index contributed by atoms with van der Waals surface area (Å²) in [7, 11) is 1.61. The van der Waals surface area contributed by atoms with Gasteiger partial charge in [0.25, 0.3) is 0 Å². The zero-order chi connectivity index (χ0) is 13.8. The van der Waals surface area contributed by atoms with Crippen LogP contribution in [0.25, 0.3) is 11.4 Å². The Morgan fingerprint density at radius 3 is 2.74 bits per heavy atom. The number of ether oxygens (including phenoxy) is 1. The summed E-state index contributed by atoms with van der Waals surface area (Å²) in [6, 6.07) is 7.54. The molecule has 1 aromatic carbocycles. The highest BCUT2D eigenvalue weighted by atomic mass is 19.1. The molecule has 0 aliphatic carbocycles. The number of nitrogens with one attached hydrogen (secondary N) is 1. The van der Waals surface area contributed by atoms with E-state index in [0.29, 0.717) is 12.4 Å². The van der Waals surface area contributed by atoms with Crippen molar-refractivity contribution in [2.24, 2.45) is 5.84 Å². The van der Waals surface area contributed by atoms with Gasteiger partial charge in [-0.25, -0.2) is 20.2 Å². The second kappa shape index (κ2) is 5.73. The molecule has 0 saturated carbocycles. The average molecular weight is 262 g/mol. The van der Waals surface area contributed by atoms with Crippen LogP contribution in [0, 0.1) is 12.7 Å². The lowest BCUT2D eigenvalue weighted by Crippen LogP contribution is -2.13. The lowest BCUT2D eigenvalue weighted by atomic mass is 10.1. The normalized spacial score (nSPS) is 10.5. The molecular weight excluding hydrogens is 247 g/mol. The lowest BCUT2D eigenvalue weighted by Gasteiger charge is -2.10. The fourth-order valence-corrected chi connectivity index (χ4v) is 1.80. The van der Waals surface area contributed by atoms with Crippen molar-refractivity contribution in [2.75, 3.05) is 12.5 Å². The van der Waals surface area contributed by atoms with Gasteiger partial charge >= 0.3 is 0 Å². The number of anilines is 1. The third kappa shape index (κ3) is 2.69. The van der Waals surface area contributed by atoms with Crippen molar-refractivity contribution in [1.82, 2.24) is 9.97 Å². The fourth-order valence-electron chi connectivity index (χ4n) is 1.80. The fraction of sp³-hybridized carbons (Fsp3) is 0.231. The molecule has 2 aromatic rings. The standard InChI is InChI=1S/C13H15FN4O/c1-8-11(14)13(18-15)17-12(16-8)10-6-4-3-5-9(10)7-19-2/h3-6H,7,15H2,1-2H3,(H,16,17,18). The first-order chi connectivity index (χ1) is 9.17. The first-order valence-corrected chi connectivity index (χ1v) is 5.75. The Bertz CT molecular complexity index is 589. The molecule has 0 fully saturated rings. The smallest absolute Gasteiger partial charge is 0.187 e. The zero-order valence-corrected chi connectivity index (χ0v) is 10.8. The van der Waals surface area contributed by atoms with Crippen LogP contribution in [0.5, 0.6) is 0 Å². The van der Waals surface area contributed by atoms with E-state index >= 15 is 0 Å². The first-order valence-electron chi connectivity index (χ1n) is 5.75. The van der Waals surface area contributed by atoms with Crippen LogP contribution in [0.1, 0.15) is 11.3 Å². The SMILES string of the molecule is COCc1ccccc1-c1nc(C)c(F)c(NN)n1. The van der Waals surface area contributed by atoms with Gasteiger partial charge in [-0.05, 0) is 12.5 Å². The van der Waals surface area contributed by atoms with E-state index in [0.717, 1.165) is 11.1 Å². The zero-order valence-electron chi connectivity index (χ0n) is 10.8. The monoisotopic (exact) mass is 262 g/mol. The summed E-state index contributed by atoms with van der Waals surface area (Å²) in [5.74, 6) is 5.11. The number of nitrogen functional groups attached to an aromatic ring is 1. The van der Waals surface area contributed by atoms with Gasteiger partial charge in [0.1, 0.15) is 0 Å². The van der Waals surface area contributed by atoms with Gasteiger partial charge in [-0.3, -0.25) is 0 Å². The third-order valence-electron chi connectivity index (χ3n) is 2.71. The summed E-state index contributed by atoms with van der Waals surface area (Å²) in [6.07, 6.45) is 0. The second-order valence-electron chi connectivity index (χ2n) is 4.03. The van der Waals surface area contributed by atoms with Crippen molar-refractivity contribution in [3.8, 4) is 11.4 Å². The summed E-state index contributed by atoms with van der Waals surface area (Å²) in [4.78, 5) is 8.24. The Morgan fingerprint density at radius 1 is 1.32 bits per heavy atom. The van der Waals surface area contributed by atoms with Crippen molar-refractivity contribution >= 4 is 5.82 Å². The maximum atomic E-state index is 13.7. The molecule has 6 heteroatoms. The van der Waals surface area contributed by atoms with Crippen LogP contribution in [-0.2, 0) is 11.3 Å². The van der Waals surface area contributed by atoms with E-state index < -0.39 is 5.82 Å². The molecule has 2 rings (SSSR count). The summed E-state index contributed by atoms with van der Waals surface area (Å²) < 4.78 is 18.8. The van der Waals surface area contributed by atoms with Crippen molar-refractivity contribution in [2.45, 2.75) is 13.5 Å². The van der Waals surface area contributed by atoms with E-state index in [4.69, 9.17) is 10.6 Å². The minimum Gasteiger partial charge on any atom is -0.380 e. The van der Waals surface area contributed by atoms with E-state index in [1.807, 2.05) is 24.3 Å². The van der Waals surface area contributed by atoms with Gasteiger partial charge in [-0.2, -0.15) is 0 Å². The molecule has 0 spiro atoms. The summed E-state index contributed by atoms with van der Waals surface area (Å²) >= 11 is 0. The van der Waals surface area contributed by atoms with Crippen molar-refractivity contribution in [3.63, 3.8) is 0 Å². The summed E-state index contributed by atoms with van der Waals surface area (Å²) in [5.41, 5.74) is 4.21. The number of rotatable bonds is 4. The lowest BCUT2D eigenvalue weighted by molar-refractivity contribution is 0.185. The Kier molecular flexibility index (Phi) is 4.03. The Hall–Kier alpha value is -2.05. The van der Waals surface area contributed by atoms with E-state index in [9.17, 15) is 4.39 Å². The number of benzene rings is 1. The highest BCUT2D eigenvalue weighted by Crippen LogP contribution is 2.24. The quantitative estimate of drug-likeness (QED) is 0.651. The number of hydrazine groups is 1. The van der Waals surface area contributed by atoms with Crippen LogP contribution in [0.4, 0.5) is 10.2 Å². The van der Waals surface area contributed by atoms with Crippen LogP contribution >= 0.6 is 0 Å². The van der Waals surface area contributed by atoms with Gasteiger partial charge in [0.15, 0.2) is 17.5 Å². The molecule has 0 unspecified atom stereocenters. The molecule has 19 heavy (non-hydrogen) atoms. The summed E-state index contributed by atoms with van der Waals surface area (Å²) in [5, 5.41) is 0. The maximum absolute atomic E-state index is 13.7. The number of hydrogen-bond acceptors (Lipinski definition) is 5. The minimum absolute atomic E-state index is 0.0188. The first kappa shape index (κ1) is 13.4. The van der Waals surface area contributed by atoms with Gasteiger partial charge in [0.2, 0.25) is 0 Å². The van der Waals surface area contributed by atoms with Crippen LogP contribution in [0.15, 0.2) is 24.3 Å². The topological polar surface area (TPSA) is 73.1 Å². The number of methoxy groups -OCH3 is 1. The number of aromatic nitrogens is 2. The summed E-state index contributed by atoms with van der Waals surface area (Å²) in [6.45, 7) is 2.00. The minimum atomic E-state index is -0.546. The predicted octanol–water partition coefficient (Wildman–Crippen LogP) is 2.02. The number of halogens is 1. The van der Waals surface area contributed by atoms with E-state index in [1.54, 1.807) is 14.0 Å². The molecule has 5 nitrogen and oxygen atoms in total. The van der Waals surface area contributed by atoms with E-state index in [2.05, 4.69) is 15.4 Å². The van der Waals surface area contributed by atoms with Gasteiger partial charge in [-0.15, -0.1) is 0 Å². The van der Waals surface area contributed by atoms with Gasteiger partial charge in [0.05, 0.1) is 12.3 Å². The van der Waals surface area contributed by atoms with Crippen molar-refractivity contribution in [3.05, 3.63) is 41.3 Å². The molecule has 0 radical (unpaired) electrons. The molecule has 0 amide bonds. The molecule has 100 valence electrons. The number of nitrogens with zero attached hydrogens (tertiary/aromatic N) is 2. The Labute approximate surface area is 110 Å².